The van der Waals surface area contributed by atoms with Crippen LogP contribution in [0.2, 0.25) is 0 Å². The minimum absolute atomic E-state index is 0.0223. The Hall–Kier alpha value is -2.42. The lowest BCUT2D eigenvalue weighted by molar-refractivity contribution is 0.0939. The zero-order valence-corrected chi connectivity index (χ0v) is 12.5. The highest BCUT2D eigenvalue weighted by molar-refractivity contribution is 5.95. The van der Waals surface area contributed by atoms with Gasteiger partial charge in [-0.05, 0) is 44.5 Å². The quantitative estimate of drug-likeness (QED) is 0.869. The van der Waals surface area contributed by atoms with Crippen LogP contribution in [0, 0.1) is 6.92 Å². The summed E-state index contributed by atoms with van der Waals surface area (Å²) in [4.78, 5) is 23.6. The van der Waals surface area contributed by atoms with Crippen LogP contribution < -0.4 is 5.32 Å². The molecule has 1 N–H and O–H groups in total. The van der Waals surface area contributed by atoms with Crippen LogP contribution in [-0.4, -0.2) is 11.7 Å². The average Bonchev–Trinajstić information content (AvgIpc) is 2.47. The highest BCUT2D eigenvalue weighted by atomic mass is 16.1. The molecule has 0 aliphatic carbocycles. The van der Waals surface area contributed by atoms with Crippen LogP contribution in [0.1, 0.15) is 51.7 Å². The van der Waals surface area contributed by atoms with Crippen molar-refractivity contribution in [3.8, 4) is 0 Å². The molecule has 1 amide bonds. The maximum absolute atomic E-state index is 12.2. The molecule has 0 spiro atoms. The Morgan fingerprint density at radius 3 is 2.33 bits per heavy atom. The van der Waals surface area contributed by atoms with Gasteiger partial charge in [0.2, 0.25) is 0 Å². The van der Waals surface area contributed by atoms with E-state index in [1.54, 1.807) is 12.1 Å². The van der Waals surface area contributed by atoms with Gasteiger partial charge < -0.3 is 5.32 Å². The zero-order valence-electron chi connectivity index (χ0n) is 12.5. The molecule has 21 heavy (non-hydrogen) atoms. The molecular weight excluding hydrogens is 262 g/mol. The first kappa shape index (κ1) is 15.0. The summed E-state index contributed by atoms with van der Waals surface area (Å²) in [7, 11) is 0. The van der Waals surface area contributed by atoms with Crippen molar-refractivity contribution in [2.24, 2.45) is 0 Å². The van der Waals surface area contributed by atoms with Crippen LogP contribution in [-0.2, 0) is 0 Å². The van der Waals surface area contributed by atoms with Crippen LogP contribution >= 0.6 is 0 Å². The summed E-state index contributed by atoms with van der Waals surface area (Å²) in [6.45, 7) is 5.40. The molecule has 1 unspecified atom stereocenters. The summed E-state index contributed by atoms with van der Waals surface area (Å²) < 4.78 is 0. The molecular formula is C18H19NO2. The summed E-state index contributed by atoms with van der Waals surface area (Å²) in [6.07, 6.45) is 0. The summed E-state index contributed by atoms with van der Waals surface area (Å²) in [5.74, 6) is -0.0894. The minimum atomic E-state index is -0.155. The summed E-state index contributed by atoms with van der Waals surface area (Å²) >= 11 is 0. The van der Waals surface area contributed by atoms with Gasteiger partial charge in [0, 0.05) is 11.1 Å². The van der Waals surface area contributed by atoms with Crippen molar-refractivity contribution in [1.82, 2.24) is 5.32 Å². The number of rotatable bonds is 4. The Morgan fingerprint density at radius 2 is 1.67 bits per heavy atom. The molecule has 0 saturated heterocycles. The third-order valence-electron chi connectivity index (χ3n) is 3.42. The third-order valence-corrected chi connectivity index (χ3v) is 3.42. The average molecular weight is 281 g/mol. The molecule has 3 heteroatoms. The lowest BCUT2D eigenvalue weighted by atomic mass is 10.0. The van der Waals surface area contributed by atoms with Crippen LogP contribution in [0.15, 0.2) is 48.5 Å². The minimum Gasteiger partial charge on any atom is -0.346 e. The number of amides is 1. The van der Waals surface area contributed by atoms with E-state index in [1.807, 2.05) is 50.2 Å². The van der Waals surface area contributed by atoms with Gasteiger partial charge >= 0.3 is 0 Å². The van der Waals surface area contributed by atoms with Gasteiger partial charge in [0.15, 0.2) is 5.78 Å². The number of benzene rings is 2. The number of hydrogen-bond donors (Lipinski definition) is 1. The van der Waals surface area contributed by atoms with Crippen molar-refractivity contribution in [3.63, 3.8) is 0 Å². The Bertz CT molecular complexity index is 676. The maximum Gasteiger partial charge on any atom is 0.251 e. The second-order valence-electron chi connectivity index (χ2n) is 5.25. The van der Waals surface area contributed by atoms with Crippen molar-refractivity contribution < 1.29 is 9.59 Å². The van der Waals surface area contributed by atoms with Gasteiger partial charge in [0.25, 0.3) is 5.91 Å². The van der Waals surface area contributed by atoms with Crippen LogP contribution in [0.25, 0.3) is 0 Å². The molecule has 2 aromatic carbocycles. The van der Waals surface area contributed by atoms with E-state index >= 15 is 0 Å². The van der Waals surface area contributed by atoms with E-state index in [0.29, 0.717) is 11.1 Å². The Kier molecular flexibility index (Phi) is 4.53. The van der Waals surface area contributed by atoms with E-state index < -0.39 is 0 Å². The molecule has 0 heterocycles. The standard InChI is InChI=1S/C18H19NO2/c1-12-6-4-9-17(10-12)18(21)19-13(2)15-7-5-8-16(11-15)14(3)20/h4-11,13H,1-3H3,(H,19,21). The number of nitrogens with one attached hydrogen (secondary N) is 1. The van der Waals surface area contributed by atoms with Gasteiger partial charge in [-0.2, -0.15) is 0 Å². The van der Waals surface area contributed by atoms with Gasteiger partial charge in [-0.15, -0.1) is 0 Å². The smallest absolute Gasteiger partial charge is 0.251 e. The molecule has 2 aromatic rings. The monoisotopic (exact) mass is 281 g/mol. The molecule has 2 rings (SSSR count). The number of ketones is 1. The van der Waals surface area contributed by atoms with Crippen LogP contribution in [0.5, 0.6) is 0 Å². The van der Waals surface area contributed by atoms with Gasteiger partial charge in [-0.25, -0.2) is 0 Å². The fourth-order valence-electron chi connectivity index (χ4n) is 2.18. The van der Waals surface area contributed by atoms with Crippen molar-refractivity contribution in [3.05, 3.63) is 70.8 Å². The summed E-state index contributed by atoms with van der Waals surface area (Å²) in [6, 6.07) is 14.7. The van der Waals surface area contributed by atoms with Gasteiger partial charge in [0.1, 0.15) is 0 Å². The lowest BCUT2D eigenvalue weighted by Crippen LogP contribution is -2.26. The molecule has 0 aromatic heterocycles. The second kappa shape index (κ2) is 6.35. The van der Waals surface area contributed by atoms with E-state index in [2.05, 4.69) is 5.32 Å². The molecule has 0 saturated carbocycles. The second-order valence-corrected chi connectivity index (χ2v) is 5.25. The highest BCUT2D eigenvalue weighted by Crippen LogP contribution is 2.15. The molecule has 1 atom stereocenters. The molecule has 0 aliphatic rings. The Morgan fingerprint density at radius 1 is 1.00 bits per heavy atom. The number of carbonyl (C=O) groups excluding carboxylic acids is 2. The molecule has 0 aliphatic heterocycles. The van der Waals surface area contributed by atoms with Gasteiger partial charge in [-0.3, -0.25) is 9.59 Å². The predicted molar refractivity (Wildman–Crippen MR) is 83.5 cm³/mol. The van der Waals surface area contributed by atoms with E-state index in [0.717, 1.165) is 11.1 Å². The first-order chi connectivity index (χ1) is 9.97. The van der Waals surface area contributed by atoms with E-state index in [-0.39, 0.29) is 17.7 Å². The van der Waals surface area contributed by atoms with E-state index in [1.165, 1.54) is 6.92 Å². The lowest BCUT2D eigenvalue weighted by Gasteiger charge is -2.15. The van der Waals surface area contributed by atoms with E-state index in [4.69, 9.17) is 0 Å². The maximum atomic E-state index is 12.2. The topological polar surface area (TPSA) is 46.2 Å². The van der Waals surface area contributed by atoms with Crippen molar-refractivity contribution in [2.75, 3.05) is 0 Å². The zero-order chi connectivity index (χ0) is 15.4. The van der Waals surface area contributed by atoms with Crippen LogP contribution in [0.3, 0.4) is 0 Å². The first-order valence-corrected chi connectivity index (χ1v) is 6.96. The molecule has 0 radical (unpaired) electrons. The molecule has 3 nitrogen and oxygen atoms in total. The van der Waals surface area contributed by atoms with Crippen molar-refractivity contribution >= 4 is 11.7 Å². The first-order valence-electron chi connectivity index (χ1n) is 6.96. The highest BCUT2D eigenvalue weighted by Gasteiger charge is 2.12. The fourth-order valence-corrected chi connectivity index (χ4v) is 2.18. The van der Waals surface area contributed by atoms with Gasteiger partial charge in [0.05, 0.1) is 6.04 Å². The summed E-state index contributed by atoms with van der Waals surface area (Å²) in [5, 5.41) is 2.96. The normalized spacial score (nSPS) is 11.8. The largest absolute Gasteiger partial charge is 0.346 e. The van der Waals surface area contributed by atoms with E-state index in [9.17, 15) is 9.59 Å². The number of hydrogen-bond acceptors (Lipinski definition) is 2. The van der Waals surface area contributed by atoms with Crippen LogP contribution in [0.4, 0.5) is 0 Å². The number of Topliss-reactive ketones (excluding diaryl/α,β-unsaturated/α-hetero) is 1. The predicted octanol–water partition coefficient (Wildman–Crippen LogP) is 3.69. The van der Waals surface area contributed by atoms with Gasteiger partial charge in [-0.1, -0.05) is 35.9 Å². The third kappa shape index (κ3) is 3.78. The number of carbonyl (C=O) groups is 2. The molecule has 0 bridgehead atoms. The molecule has 0 fully saturated rings. The Balaban J connectivity index is 2.14. The Labute approximate surface area is 125 Å². The van der Waals surface area contributed by atoms with Crippen molar-refractivity contribution in [1.29, 1.82) is 0 Å². The van der Waals surface area contributed by atoms with Crippen molar-refractivity contribution in [2.45, 2.75) is 26.8 Å². The molecule has 108 valence electrons. The SMILES string of the molecule is CC(=O)c1cccc(C(C)NC(=O)c2cccc(C)c2)c1. The number of aryl methyl sites for hydroxylation is 1. The fraction of sp³-hybridized carbons (Fsp3) is 0.222. The summed E-state index contributed by atoms with van der Waals surface area (Å²) in [5.41, 5.74) is 3.27.